The minimum absolute atomic E-state index is 0.0448. The summed E-state index contributed by atoms with van der Waals surface area (Å²) in [6, 6.07) is 7.89. The summed E-state index contributed by atoms with van der Waals surface area (Å²) in [5, 5.41) is 10.7. The molecule has 0 bridgehead atoms. The van der Waals surface area contributed by atoms with Gasteiger partial charge in [-0.2, -0.15) is 0 Å². The second-order valence-electron chi connectivity index (χ2n) is 7.04. The van der Waals surface area contributed by atoms with Gasteiger partial charge in [0.2, 0.25) is 11.1 Å². The van der Waals surface area contributed by atoms with Crippen molar-refractivity contribution in [3.8, 4) is 5.75 Å². The number of H-pyrrole nitrogens is 1. The van der Waals surface area contributed by atoms with Gasteiger partial charge in [0.05, 0.1) is 5.75 Å². The van der Waals surface area contributed by atoms with Gasteiger partial charge in [-0.3, -0.25) is 9.89 Å². The normalized spacial score (nSPS) is 22.4. The van der Waals surface area contributed by atoms with E-state index in [-0.39, 0.29) is 11.9 Å². The maximum absolute atomic E-state index is 12.3. The maximum atomic E-state index is 12.3. The number of nitrogens with zero attached hydrogens (tertiary/aromatic N) is 2. The van der Waals surface area contributed by atoms with Crippen molar-refractivity contribution in [2.45, 2.75) is 50.9 Å². The van der Waals surface area contributed by atoms with Gasteiger partial charge in [0.1, 0.15) is 12.4 Å². The average Bonchev–Trinajstić information content (AvgIpc) is 3.11. The smallest absolute Gasteiger partial charge is 0.230 e. The number of aromatic nitrogens is 3. The molecule has 1 fully saturated rings. The highest BCUT2D eigenvalue weighted by Crippen LogP contribution is 2.29. The molecule has 8 heteroatoms. The number of hydrogen-bond acceptors (Lipinski definition) is 5. The summed E-state index contributed by atoms with van der Waals surface area (Å²) in [6.45, 7) is 4.80. The highest BCUT2D eigenvalue weighted by molar-refractivity contribution is 9.10. The molecule has 0 spiro atoms. The minimum Gasteiger partial charge on any atom is -0.486 e. The fraction of sp³-hybridized carbons (Fsp3) is 0.526. The van der Waals surface area contributed by atoms with Gasteiger partial charge < -0.3 is 10.1 Å². The fourth-order valence-electron chi connectivity index (χ4n) is 3.25. The topological polar surface area (TPSA) is 79.9 Å². The number of benzene rings is 1. The summed E-state index contributed by atoms with van der Waals surface area (Å²) in [7, 11) is 0. The molecule has 1 saturated carbocycles. The van der Waals surface area contributed by atoms with Crippen molar-refractivity contribution in [1.29, 1.82) is 0 Å². The third kappa shape index (κ3) is 5.97. The minimum atomic E-state index is 0.0448. The van der Waals surface area contributed by atoms with Crippen molar-refractivity contribution in [2.24, 2.45) is 11.8 Å². The van der Waals surface area contributed by atoms with Crippen LogP contribution in [-0.2, 0) is 11.4 Å². The van der Waals surface area contributed by atoms with Crippen LogP contribution >= 0.6 is 27.7 Å². The molecule has 2 N–H and O–H groups in total. The standard InChI is InChI=1S/C19H25BrN4O2S/c1-12-4-3-5-16(13(12)2)21-18(25)11-27-19-22-17(23-24-19)10-26-15-8-6-14(20)7-9-15/h6-9,12-13,16H,3-5,10-11H2,1-2H3,(H,21,25)(H,22,23,24). The first-order valence-corrected chi connectivity index (χ1v) is 11.0. The van der Waals surface area contributed by atoms with Gasteiger partial charge in [-0.1, -0.05) is 54.4 Å². The first-order chi connectivity index (χ1) is 13.0. The van der Waals surface area contributed by atoms with E-state index in [1.54, 1.807) is 0 Å². The maximum Gasteiger partial charge on any atom is 0.230 e. The molecule has 1 heterocycles. The zero-order valence-corrected chi connectivity index (χ0v) is 18.0. The summed E-state index contributed by atoms with van der Waals surface area (Å²) in [5.74, 6) is 2.96. The molecule has 2 aromatic rings. The number of hydrogen-bond donors (Lipinski definition) is 2. The van der Waals surface area contributed by atoms with Gasteiger partial charge in [-0.25, -0.2) is 4.98 Å². The zero-order valence-electron chi connectivity index (χ0n) is 15.6. The number of thioether (sulfide) groups is 1. The van der Waals surface area contributed by atoms with Crippen molar-refractivity contribution < 1.29 is 9.53 Å². The molecule has 0 radical (unpaired) electrons. The van der Waals surface area contributed by atoms with Crippen LogP contribution in [0.3, 0.4) is 0 Å². The lowest BCUT2D eigenvalue weighted by Gasteiger charge is -2.34. The van der Waals surface area contributed by atoms with Crippen LogP contribution in [0.1, 0.15) is 38.9 Å². The summed E-state index contributed by atoms with van der Waals surface area (Å²) >= 11 is 4.73. The average molecular weight is 453 g/mol. The van der Waals surface area contributed by atoms with E-state index in [4.69, 9.17) is 4.74 Å². The van der Waals surface area contributed by atoms with E-state index in [1.165, 1.54) is 24.6 Å². The van der Waals surface area contributed by atoms with Crippen LogP contribution in [0.15, 0.2) is 33.9 Å². The van der Waals surface area contributed by atoms with Crippen LogP contribution in [-0.4, -0.2) is 32.9 Å². The predicted molar refractivity (Wildman–Crippen MR) is 110 cm³/mol. The highest BCUT2D eigenvalue weighted by atomic mass is 79.9. The van der Waals surface area contributed by atoms with Gasteiger partial charge in [0, 0.05) is 10.5 Å². The van der Waals surface area contributed by atoms with Crippen LogP contribution in [0.5, 0.6) is 5.75 Å². The monoisotopic (exact) mass is 452 g/mol. The van der Waals surface area contributed by atoms with Crippen molar-refractivity contribution >= 4 is 33.6 Å². The van der Waals surface area contributed by atoms with Crippen molar-refractivity contribution in [2.75, 3.05) is 5.75 Å². The molecule has 27 heavy (non-hydrogen) atoms. The molecule has 146 valence electrons. The molecular weight excluding hydrogens is 428 g/mol. The molecule has 1 aromatic heterocycles. The van der Waals surface area contributed by atoms with Gasteiger partial charge >= 0.3 is 0 Å². The number of amides is 1. The third-order valence-corrected chi connectivity index (χ3v) is 6.46. The van der Waals surface area contributed by atoms with E-state index in [9.17, 15) is 4.79 Å². The number of aromatic amines is 1. The number of carbonyl (C=O) groups is 1. The lowest BCUT2D eigenvalue weighted by Crippen LogP contribution is -2.44. The van der Waals surface area contributed by atoms with Crippen LogP contribution in [0.2, 0.25) is 0 Å². The Bertz CT molecular complexity index is 752. The number of nitrogens with one attached hydrogen (secondary N) is 2. The van der Waals surface area contributed by atoms with Gasteiger partial charge in [-0.15, -0.1) is 5.10 Å². The molecule has 3 rings (SSSR count). The first kappa shape index (κ1) is 20.2. The summed E-state index contributed by atoms with van der Waals surface area (Å²) < 4.78 is 6.67. The van der Waals surface area contributed by atoms with E-state index in [0.717, 1.165) is 16.6 Å². The molecule has 6 nitrogen and oxygen atoms in total. The Morgan fingerprint density at radius 3 is 2.89 bits per heavy atom. The second kappa shape index (κ2) is 9.59. The van der Waals surface area contributed by atoms with E-state index in [2.05, 4.69) is 50.3 Å². The second-order valence-corrected chi connectivity index (χ2v) is 8.90. The molecule has 3 atom stereocenters. The van der Waals surface area contributed by atoms with Gasteiger partial charge in [0.25, 0.3) is 0 Å². The van der Waals surface area contributed by atoms with Crippen molar-refractivity contribution in [3.05, 3.63) is 34.6 Å². The lowest BCUT2D eigenvalue weighted by molar-refractivity contribution is -0.120. The molecule has 1 aliphatic carbocycles. The largest absolute Gasteiger partial charge is 0.486 e. The van der Waals surface area contributed by atoms with Crippen LogP contribution < -0.4 is 10.1 Å². The molecule has 0 saturated heterocycles. The van der Waals surface area contributed by atoms with E-state index >= 15 is 0 Å². The van der Waals surface area contributed by atoms with Crippen LogP contribution in [0.25, 0.3) is 0 Å². The Hall–Kier alpha value is -1.54. The fourth-order valence-corrected chi connectivity index (χ4v) is 4.15. The summed E-state index contributed by atoms with van der Waals surface area (Å²) in [5.41, 5.74) is 0. The summed E-state index contributed by atoms with van der Waals surface area (Å²) in [4.78, 5) is 16.6. The van der Waals surface area contributed by atoms with E-state index in [0.29, 0.717) is 35.2 Å². The lowest BCUT2D eigenvalue weighted by atomic mass is 9.78. The Morgan fingerprint density at radius 2 is 2.11 bits per heavy atom. The number of ether oxygens (including phenoxy) is 1. The SMILES string of the molecule is CC1CCCC(NC(=O)CSc2n[nH]c(COc3ccc(Br)cc3)n2)C1C. The Labute approximate surface area is 172 Å². The van der Waals surface area contributed by atoms with Gasteiger partial charge in [-0.05, 0) is 42.5 Å². The summed E-state index contributed by atoms with van der Waals surface area (Å²) in [6.07, 6.45) is 3.51. The number of carbonyl (C=O) groups excluding carboxylic acids is 1. The Morgan fingerprint density at radius 1 is 1.33 bits per heavy atom. The van der Waals surface area contributed by atoms with E-state index < -0.39 is 0 Å². The first-order valence-electron chi connectivity index (χ1n) is 9.23. The molecule has 1 amide bonds. The van der Waals surface area contributed by atoms with Crippen molar-refractivity contribution in [1.82, 2.24) is 20.5 Å². The Balaban J connectivity index is 1.42. The number of rotatable bonds is 7. The molecule has 0 aliphatic heterocycles. The predicted octanol–water partition coefficient (Wildman–Crippen LogP) is 4.18. The Kier molecular flexibility index (Phi) is 7.18. The molecule has 1 aliphatic rings. The highest BCUT2D eigenvalue weighted by Gasteiger charge is 2.28. The van der Waals surface area contributed by atoms with Crippen LogP contribution in [0, 0.1) is 11.8 Å². The molecule has 3 unspecified atom stereocenters. The van der Waals surface area contributed by atoms with E-state index in [1.807, 2.05) is 24.3 Å². The third-order valence-electron chi connectivity index (χ3n) is 5.09. The van der Waals surface area contributed by atoms with Gasteiger partial charge in [0.15, 0.2) is 5.82 Å². The molecule has 1 aromatic carbocycles. The quantitative estimate of drug-likeness (QED) is 0.615. The zero-order chi connectivity index (χ0) is 19.2. The number of halogens is 1. The molecular formula is C19H25BrN4O2S. The van der Waals surface area contributed by atoms with Crippen LogP contribution in [0.4, 0.5) is 0 Å². The van der Waals surface area contributed by atoms with Crippen molar-refractivity contribution in [3.63, 3.8) is 0 Å².